The Morgan fingerprint density at radius 3 is 2.45 bits per heavy atom. The van der Waals surface area contributed by atoms with Gasteiger partial charge in [0, 0.05) is 13.5 Å². The number of benzene rings is 2. The van der Waals surface area contributed by atoms with Crippen molar-refractivity contribution in [2.45, 2.75) is 32.7 Å². The van der Waals surface area contributed by atoms with Crippen LogP contribution in [-0.4, -0.2) is 48.4 Å². The van der Waals surface area contributed by atoms with E-state index in [-0.39, 0.29) is 22.6 Å². The Balaban J connectivity index is 2.22. The monoisotopic (exact) mass is 453 g/mol. The number of unbranched alkanes of at least 4 members (excludes halogenated alkanes) is 1. The number of nitrogens with zero attached hydrogens (tertiary/aromatic N) is 1. The first-order valence-corrected chi connectivity index (χ1v) is 10.6. The summed E-state index contributed by atoms with van der Waals surface area (Å²) in [7, 11) is 2.92. The van der Waals surface area contributed by atoms with Crippen molar-refractivity contribution >= 4 is 23.4 Å². The van der Waals surface area contributed by atoms with Crippen LogP contribution in [0.15, 0.2) is 48.0 Å². The minimum atomic E-state index is -0.858. The van der Waals surface area contributed by atoms with Crippen molar-refractivity contribution in [1.82, 2.24) is 4.90 Å². The molecule has 8 heteroatoms. The lowest BCUT2D eigenvalue weighted by atomic mass is 9.94. The van der Waals surface area contributed by atoms with Gasteiger partial charge < -0.3 is 24.2 Å². The third kappa shape index (κ3) is 4.84. The lowest BCUT2D eigenvalue weighted by Gasteiger charge is -2.25. The van der Waals surface area contributed by atoms with Gasteiger partial charge in [-0.2, -0.15) is 0 Å². The molecule has 0 spiro atoms. The van der Waals surface area contributed by atoms with Gasteiger partial charge in [-0.3, -0.25) is 14.4 Å². The summed E-state index contributed by atoms with van der Waals surface area (Å²) in [4.78, 5) is 39.0. The summed E-state index contributed by atoms with van der Waals surface area (Å²) in [6.07, 6.45) is 1.49. The highest BCUT2D eigenvalue weighted by molar-refractivity contribution is 6.46. The van der Waals surface area contributed by atoms with Crippen LogP contribution in [0.3, 0.4) is 0 Å². The van der Waals surface area contributed by atoms with E-state index < -0.39 is 23.7 Å². The van der Waals surface area contributed by atoms with E-state index in [1.54, 1.807) is 42.5 Å². The van der Waals surface area contributed by atoms with Crippen LogP contribution in [0.2, 0.25) is 0 Å². The zero-order chi connectivity index (χ0) is 24.1. The topological polar surface area (TPSA) is 102 Å². The predicted molar refractivity (Wildman–Crippen MR) is 121 cm³/mol. The summed E-state index contributed by atoms with van der Waals surface area (Å²) in [5.41, 5.74) is 0.696. The molecule has 8 nitrogen and oxygen atoms in total. The number of Topliss-reactive ketones (excluding diaryl/α,β-unsaturated/α-hetero) is 1. The zero-order valence-electron chi connectivity index (χ0n) is 19.1. The third-order valence-electron chi connectivity index (χ3n) is 5.39. The highest BCUT2D eigenvalue weighted by Gasteiger charge is 2.46. The number of likely N-dealkylation sites (tertiary alicyclic amines) is 1. The molecule has 0 aliphatic carbocycles. The largest absolute Gasteiger partial charge is 0.507 e. The van der Waals surface area contributed by atoms with Crippen molar-refractivity contribution in [1.29, 1.82) is 0 Å². The van der Waals surface area contributed by atoms with Gasteiger partial charge in [-0.25, -0.2) is 0 Å². The average Bonchev–Trinajstić information content (AvgIpc) is 3.06. The van der Waals surface area contributed by atoms with E-state index in [4.69, 9.17) is 14.2 Å². The van der Waals surface area contributed by atoms with Gasteiger partial charge in [0.15, 0.2) is 0 Å². The molecule has 174 valence electrons. The standard InChI is InChI=1S/C25H27NO7/c1-5-6-12-26-22(16-8-7-9-18(13-16)33-15(2)27)21(24(29)25(26)30)23(28)19-14-17(31-3)10-11-20(19)32-4/h7-11,13-14,22,28H,5-6,12H2,1-4H3/b23-21+. The minimum Gasteiger partial charge on any atom is -0.507 e. The number of rotatable bonds is 8. The maximum absolute atomic E-state index is 13.1. The van der Waals surface area contributed by atoms with E-state index in [0.29, 0.717) is 30.0 Å². The molecule has 1 atom stereocenters. The minimum absolute atomic E-state index is 0.0670. The molecule has 0 bridgehead atoms. The predicted octanol–water partition coefficient (Wildman–Crippen LogP) is 3.85. The maximum Gasteiger partial charge on any atom is 0.308 e. The Kier molecular flexibility index (Phi) is 7.37. The normalized spacial score (nSPS) is 17.2. The maximum atomic E-state index is 13.1. The van der Waals surface area contributed by atoms with Crippen LogP contribution < -0.4 is 14.2 Å². The molecule has 0 aromatic heterocycles. The molecule has 1 N–H and O–H groups in total. The van der Waals surface area contributed by atoms with Crippen LogP contribution in [0.5, 0.6) is 17.2 Å². The average molecular weight is 453 g/mol. The second kappa shape index (κ2) is 10.2. The molecule has 33 heavy (non-hydrogen) atoms. The van der Waals surface area contributed by atoms with Gasteiger partial charge in [-0.15, -0.1) is 0 Å². The number of carbonyl (C=O) groups is 3. The van der Waals surface area contributed by atoms with Gasteiger partial charge in [0.25, 0.3) is 11.7 Å². The molecule has 1 aliphatic heterocycles. The van der Waals surface area contributed by atoms with Gasteiger partial charge in [0.1, 0.15) is 23.0 Å². The number of hydrogen-bond acceptors (Lipinski definition) is 7. The molecular weight excluding hydrogens is 426 g/mol. The fraction of sp³-hybridized carbons (Fsp3) is 0.320. The Morgan fingerprint density at radius 2 is 1.82 bits per heavy atom. The summed E-state index contributed by atoms with van der Waals surface area (Å²) in [5.74, 6) is -1.31. The molecule has 1 heterocycles. The van der Waals surface area contributed by atoms with Crippen molar-refractivity contribution in [3.8, 4) is 17.2 Å². The molecule has 0 saturated carbocycles. The molecule has 0 radical (unpaired) electrons. The number of hydrogen-bond donors (Lipinski definition) is 1. The summed E-state index contributed by atoms with van der Waals surface area (Å²) in [6, 6.07) is 10.5. The number of ketones is 1. The lowest BCUT2D eigenvalue weighted by molar-refractivity contribution is -0.139. The van der Waals surface area contributed by atoms with Crippen molar-refractivity contribution in [3.63, 3.8) is 0 Å². The van der Waals surface area contributed by atoms with Crippen LogP contribution in [0.4, 0.5) is 0 Å². The first-order valence-electron chi connectivity index (χ1n) is 10.6. The number of methoxy groups -OCH3 is 2. The molecule has 2 aromatic rings. The summed E-state index contributed by atoms with van der Waals surface area (Å²) >= 11 is 0. The van der Waals surface area contributed by atoms with E-state index in [9.17, 15) is 19.5 Å². The number of aliphatic hydroxyl groups is 1. The molecule has 1 fully saturated rings. The van der Waals surface area contributed by atoms with Crippen LogP contribution in [0.25, 0.3) is 5.76 Å². The number of carbonyl (C=O) groups excluding carboxylic acids is 3. The first-order chi connectivity index (χ1) is 15.8. The van der Waals surface area contributed by atoms with Gasteiger partial charge in [0.05, 0.1) is 31.4 Å². The van der Waals surface area contributed by atoms with Crippen LogP contribution >= 0.6 is 0 Å². The summed E-state index contributed by atoms with van der Waals surface area (Å²) < 4.78 is 15.8. The van der Waals surface area contributed by atoms with E-state index >= 15 is 0 Å². The SMILES string of the molecule is CCCCN1C(=O)C(=O)/C(=C(/O)c2cc(OC)ccc2OC)C1c1cccc(OC(C)=O)c1. The molecule has 1 saturated heterocycles. The van der Waals surface area contributed by atoms with Crippen molar-refractivity contribution in [3.05, 3.63) is 59.2 Å². The second-order valence-electron chi connectivity index (χ2n) is 7.58. The Labute approximate surface area is 192 Å². The fourth-order valence-corrected chi connectivity index (χ4v) is 3.84. The number of ether oxygens (including phenoxy) is 3. The molecule has 2 aromatic carbocycles. The van der Waals surface area contributed by atoms with E-state index in [1.807, 2.05) is 6.92 Å². The first kappa shape index (κ1) is 23.8. The molecular formula is C25H27NO7. The lowest BCUT2D eigenvalue weighted by Crippen LogP contribution is -2.30. The third-order valence-corrected chi connectivity index (χ3v) is 5.39. The van der Waals surface area contributed by atoms with Crippen LogP contribution in [0.1, 0.15) is 43.9 Å². The van der Waals surface area contributed by atoms with E-state index in [0.717, 1.165) is 6.42 Å². The van der Waals surface area contributed by atoms with Gasteiger partial charge in [0.2, 0.25) is 0 Å². The van der Waals surface area contributed by atoms with Gasteiger partial charge in [-0.05, 0) is 42.3 Å². The second-order valence-corrected chi connectivity index (χ2v) is 7.58. The highest BCUT2D eigenvalue weighted by Crippen LogP contribution is 2.42. The van der Waals surface area contributed by atoms with Crippen molar-refractivity contribution < 1.29 is 33.7 Å². The van der Waals surface area contributed by atoms with Crippen molar-refractivity contribution in [2.24, 2.45) is 0 Å². The smallest absolute Gasteiger partial charge is 0.308 e. The van der Waals surface area contributed by atoms with Gasteiger partial charge >= 0.3 is 5.97 Å². The zero-order valence-corrected chi connectivity index (χ0v) is 19.1. The van der Waals surface area contributed by atoms with E-state index in [1.165, 1.54) is 26.0 Å². The number of aliphatic hydroxyl groups excluding tert-OH is 1. The summed E-state index contributed by atoms with van der Waals surface area (Å²) in [5, 5.41) is 11.3. The molecule has 1 aliphatic rings. The Bertz CT molecular complexity index is 1110. The Morgan fingerprint density at radius 1 is 1.06 bits per heavy atom. The van der Waals surface area contributed by atoms with Crippen LogP contribution in [0, 0.1) is 0 Å². The quantitative estimate of drug-likeness (QED) is 0.213. The highest BCUT2D eigenvalue weighted by atomic mass is 16.5. The fourth-order valence-electron chi connectivity index (χ4n) is 3.84. The van der Waals surface area contributed by atoms with Crippen LogP contribution in [-0.2, 0) is 14.4 Å². The van der Waals surface area contributed by atoms with Crippen molar-refractivity contribution in [2.75, 3.05) is 20.8 Å². The van der Waals surface area contributed by atoms with E-state index in [2.05, 4.69) is 0 Å². The molecule has 1 unspecified atom stereocenters. The summed E-state index contributed by atoms with van der Waals surface area (Å²) in [6.45, 7) is 3.60. The van der Waals surface area contributed by atoms with Gasteiger partial charge in [-0.1, -0.05) is 25.5 Å². The number of amides is 1. The Hall–Kier alpha value is -3.81. The molecule has 1 amide bonds. The molecule has 3 rings (SSSR count). The number of esters is 1.